The zero-order valence-corrected chi connectivity index (χ0v) is 24.3. The summed E-state index contributed by atoms with van der Waals surface area (Å²) in [7, 11) is 3.16. The third-order valence-electron chi connectivity index (χ3n) is 6.23. The highest BCUT2D eigenvalue weighted by atomic mass is 32.2. The average molecular weight is 600 g/mol. The molecular formula is C32H26FN3O4S2. The monoisotopic (exact) mass is 599 g/mol. The van der Waals surface area contributed by atoms with Crippen molar-refractivity contribution < 1.29 is 23.5 Å². The fraction of sp³-hybridized carbons (Fsp3) is 0.0938. The molecule has 0 saturated heterocycles. The Morgan fingerprint density at radius 1 is 0.857 bits per heavy atom. The lowest BCUT2D eigenvalue weighted by Gasteiger charge is -2.16. The van der Waals surface area contributed by atoms with E-state index in [4.69, 9.17) is 9.47 Å². The summed E-state index contributed by atoms with van der Waals surface area (Å²) in [5.41, 5.74) is 3.32. The molecule has 2 N–H and O–H groups in total. The number of halogens is 1. The number of thiazole rings is 1. The SMILES string of the molecule is COc1ccc(-c2csc(NC(=O)C(Sc3ccc(NC(=O)c4ccc(F)cc4)cc3)c3ccccc3)n2)cc1OC. The molecule has 0 aliphatic rings. The number of carbonyl (C=O) groups excluding carboxylic acids is 2. The molecular weight excluding hydrogens is 574 g/mol. The lowest BCUT2D eigenvalue weighted by atomic mass is 10.1. The second kappa shape index (κ2) is 13.3. The molecule has 0 spiro atoms. The van der Waals surface area contributed by atoms with Crippen LogP contribution in [0.3, 0.4) is 0 Å². The summed E-state index contributed by atoms with van der Waals surface area (Å²) < 4.78 is 23.9. The number of hydrogen-bond acceptors (Lipinski definition) is 7. The van der Waals surface area contributed by atoms with Crippen LogP contribution in [0.4, 0.5) is 15.2 Å². The summed E-state index contributed by atoms with van der Waals surface area (Å²) in [4.78, 5) is 31.5. The molecule has 2 amide bonds. The van der Waals surface area contributed by atoms with Crippen molar-refractivity contribution in [3.05, 3.63) is 119 Å². The van der Waals surface area contributed by atoms with Crippen LogP contribution in [0.2, 0.25) is 0 Å². The first-order valence-electron chi connectivity index (χ1n) is 12.8. The molecule has 7 nitrogen and oxygen atoms in total. The van der Waals surface area contributed by atoms with Gasteiger partial charge >= 0.3 is 0 Å². The standard InChI is InChI=1S/C32H26FN3O4S2/c1-39-27-17-10-22(18-28(27)40-2)26-19-41-32(35-26)36-31(38)29(20-6-4-3-5-7-20)42-25-15-13-24(14-16-25)34-30(37)21-8-11-23(33)12-9-21/h3-19,29H,1-2H3,(H,34,37)(H,35,36,38). The van der Waals surface area contributed by atoms with E-state index >= 15 is 0 Å². The molecule has 1 atom stereocenters. The van der Waals surface area contributed by atoms with Gasteiger partial charge in [0.15, 0.2) is 16.6 Å². The van der Waals surface area contributed by atoms with Crippen LogP contribution in [-0.2, 0) is 4.79 Å². The van der Waals surface area contributed by atoms with Gasteiger partial charge in [0.2, 0.25) is 5.91 Å². The van der Waals surface area contributed by atoms with Crippen molar-refractivity contribution in [2.75, 3.05) is 24.9 Å². The Bertz CT molecular complexity index is 1680. The molecule has 0 bridgehead atoms. The van der Waals surface area contributed by atoms with Gasteiger partial charge in [0.1, 0.15) is 11.1 Å². The van der Waals surface area contributed by atoms with E-state index in [0.29, 0.717) is 33.6 Å². The molecule has 4 aromatic carbocycles. The maximum Gasteiger partial charge on any atom is 0.255 e. The Kier molecular flexibility index (Phi) is 9.15. The van der Waals surface area contributed by atoms with Crippen molar-refractivity contribution in [3.8, 4) is 22.8 Å². The number of hydrogen-bond donors (Lipinski definition) is 2. The van der Waals surface area contributed by atoms with Gasteiger partial charge in [-0.2, -0.15) is 0 Å². The minimum absolute atomic E-state index is 0.215. The molecule has 5 rings (SSSR count). The van der Waals surface area contributed by atoms with Gasteiger partial charge in [0.05, 0.1) is 19.9 Å². The Labute approximate surface area is 250 Å². The number of benzene rings is 4. The van der Waals surface area contributed by atoms with Gasteiger partial charge in [-0.3, -0.25) is 9.59 Å². The third kappa shape index (κ3) is 6.96. The van der Waals surface area contributed by atoms with E-state index in [1.54, 1.807) is 26.4 Å². The summed E-state index contributed by atoms with van der Waals surface area (Å²) in [6.45, 7) is 0. The lowest BCUT2D eigenvalue weighted by molar-refractivity contribution is -0.115. The number of thioether (sulfide) groups is 1. The topological polar surface area (TPSA) is 89.6 Å². The quantitative estimate of drug-likeness (QED) is 0.160. The summed E-state index contributed by atoms with van der Waals surface area (Å²) in [6.07, 6.45) is 0. The van der Waals surface area contributed by atoms with Crippen LogP contribution in [0.15, 0.2) is 107 Å². The first kappa shape index (κ1) is 28.8. The Morgan fingerprint density at radius 3 is 2.26 bits per heavy atom. The van der Waals surface area contributed by atoms with Crippen LogP contribution >= 0.6 is 23.1 Å². The van der Waals surface area contributed by atoms with Crippen LogP contribution in [0, 0.1) is 5.82 Å². The van der Waals surface area contributed by atoms with Gasteiger partial charge < -0.3 is 20.1 Å². The van der Waals surface area contributed by atoms with Crippen molar-refractivity contribution in [1.82, 2.24) is 4.98 Å². The van der Waals surface area contributed by atoms with E-state index in [-0.39, 0.29) is 11.8 Å². The summed E-state index contributed by atoms with van der Waals surface area (Å²) in [6, 6.07) is 27.6. The predicted molar refractivity (Wildman–Crippen MR) is 165 cm³/mol. The average Bonchev–Trinajstić information content (AvgIpc) is 3.49. The maximum atomic E-state index is 13.6. The Balaban J connectivity index is 1.29. The molecule has 0 radical (unpaired) electrons. The second-order valence-corrected chi connectivity index (χ2v) is 11.0. The zero-order chi connectivity index (χ0) is 29.5. The molecule has 5 aromatic rings. The number of amides is 2. The van der Waals surface area contributed by atoms with Crippen molar-refractivity contribution in [2.24, 2.45) is 0 Å². The highest BCUT2D eigenvalue weighted by Crippen LogP contribution is 2.38. The maximum absolute atomic E-state index is 13.6. The van der Waals surface area contributed by atoms with E-state index in [1.165, 1.54) is 47.4 Å². The number of anilines is 2. The van der Waals surface area contributed by atoms with Crippen LogP contribution < -0.4 is 20.1 Å². The van der Waals surface area contributed by atoms with E-state index in [9.17, 15) is 14.0 Å². The fourth-order valence-corrected chi connectivity index (χ4v) is 5.84. The zero-order valence-electron chi connectivity index (χ0n) is 22.7. The van der Waals surface area contributed by atoms with Gasteiger partial charge in [-0.1, -0.05) is 30.3 Å². The molecule has 10 heteroatoms. The van der Waals surface area contributed by atoms with Gasteiger partial charge in [-0.05, 0) is 72.3 Å². The van der Waals surface area contributed by atoms with Crippen molar-refractivity contribution in [2.45, 2.75) is 10.1 Å². The smallest absolute Gasteiger partial charge is 0.255 e. The van der Waals surface area contributed by atoms with Crippen LogP contribution in [0.5, 0.6) is 11.5 Å². The fourth-order valence-electron chi connectivity index (χ4n) is 4.09. The Morgan fingerprint density at radius 2 is 1.57 bits per heavy atom. The number of rotatable bonds is 10. The van der Waals surface area contributed by atoms with Gasteiger partial charge in [-0.15, -0.1) is 23.1 Å². The van der Waals surface area contributed by atoms with Crippen molar-refractivity contribution in [3.63, 3.8) is 0 Å². The van der Waals surface area contributed by atoms with Crippen molar-refractivity contribution in [1.29, 1.82) is 0 Å². The van der Waals surface area contributed by atoms with Crippen LogP contribution in [-0.4, -0.2) is 31.0 Å². The normalized spacial score (nSPS) is 11.4. The molecule has 1 aromatic heterocycles. The van der Waals surface area contributed by atoms with E-state index in [0.717, 1.165) is 16.0 Å². The van der Waals surface area contributed by atoms with E-state index in [2.05, 4.69) is 15.6 Å². The lowest BCUT2D eigenvalue weighted by Crippen LogP contribution is -2.19. The van der Waals surface area contributed by atoms with Gasteiger partial charge in [0, 0.05) is 27.1 Å². The predicted octanol–water partition coefficient (Wildman–Crippen LogP) is 7.69. The molecule has 1 unspecified atom stereocenters. The largest absolute Gasteiger partial charge is 0.493 e. The number of carbonyl (C=O) groups is 2. The molecule has 0 saturated carbocycles. The number of aromatic nitrogens is 1. The minimum Gasteiger partial charge on any atom is -0.493 e. The summed E-state index contributed by atoms with van der Waals surface area (Å²) in [5, 5.41) is 7.57. The second-order valence-electron chi connectivity index (χ2n) is 8.99. The third-order valence-corrected chi connectivity index (χ3v) is 8.25. The van der Waals surface area contributed by atoms with Gasteiger partial charge in [-0.25, -0.2) is 9.37 Å². The minimum atomic E-state index is -0.556. The molecule has 212 valence electrons. The van der Waals surface area contributed by atoms with E-state index < -0.39 is 11.1 Å². The van der Waals surface area contributed by atoms with Gasteiger partial charge in [0.25, 0.3) is 5.91 Å². The molecule has 0 fully saturated rings. The van der Waals surface area contributed by atoms with Crippen LogP contribution in [0.25, 0.3) is 11.3 Å². The van der Waals surface area contributed by atoms with Crippen LogP contribution in [0.1, 0.15) is 21.2 Å². The van der Waals surface area contributed by atoms with Crippen molar-refractivity contribution >= 4 is 45.7 Å². The molecule has 42 heavy (non-hydrogen) atoms. The number of ether oxygens (including phenoxy) is 2. The number of nitrogens with one attached hydrogen (secondary N) is 2. The number of nitrogens with zero attached hydrogens (tertiary/aromatic N) is 1. The summed E-state index contributed by atoms with van der Waals surface area (Å²) >= 11 is 2.72. The molecule has 0 aliphatic heterocycles. The number of methoxy groups -OCH3 is 2. The first-order valence-corrected chi connectivity index (χ1v) is 14.6. The summed E-state index contributed by atoms with van der Waals surface area (Å²) in [5.74, 6) is 0.255. The first-order chi connectivity index (χ1) is 20.4. The molecule has 1 heterocycles. The van der Waals surface area contributed by atoms with E-state index in [1.807, 2.05) is 66.0 Å². The molecule has 0 aliphatic carbocycles. The highest BCUT2D eigenvalue weighted by molar-refractivity contribution is 8.00. The highest BCUT2D eigenvalue weighted by Gasteiger charge is 2.23. The Hall–Kier alpha value is -4.67.